The summed E-state index contributed by atoms with van der Waals surface area (Å²) in [6, 6.07) is 8.75. The highest BCUT2D eigenvalue weighted by Crippen LogP contribution is 2.23. The molecule has 0 aliphatic rings. The van der Waals surface area contributed by atoms with Gasteiger partial charge in [-0.2, -0.15) is 0 Å². The molecule has 14 heavy (non-hydrogen) atoms. The Morgan fingerprint density at radius 1 is 1.36 bits per heavy atom. The van der Waals surface area contributed by atoms with Crippen molar-refractivity contribution in [2.75, 3.05) is 5.73 Å². The summed E-state index contributed by atoms with van der Waals surface area (Å²) in [6.07, 6.45) is 3.28. The second kappa shape index (κ2) is 3.37. The fraction of sp³-hybridized carbons (Fsp3) is 0.333. The van der Waals surface area contributed by atoms with Crippen LogP contribution in [0.2, 0.25) is 0 Å². The molecule has 1 aromatic heterocycles. The van der Waals surface area contributed by atoms with Crippen LogP contribution < -0.4 is 5.73 Å². The molecule has 74 valence electrons. The number of hydrogen-bond acceptors (Lipinski definition) is 1. The zero-order chi connectivity index (χ0) is 10.1. The lowest BCUT2D eigenvalue weighted by atomic mass is 10.2. The number of hydrogen-bond donors (Lipinski definition) is 1. The van der Waals surface area contributed by atoms with Gasteiger partial charge < -0.3 is 10.3 Å². The maximum atomic E-state index is 5.73. The van der Waals surface area contributed by atoms with Crippen molar-refractivity contribution in [3.63, 3.8) is 0 Å². The number of aromatic nitrogens is 1. The monoisotopic (exact) mass is 188 g/mol. The second-order valence-electron chi connectivity index (χ2n) is 3.80. The molecule has 1 atom stereocenters. The van der Waals surface area contributed by atoms with Crippen LogP contribution >= 0.6 is 0 Å². The molecule has 0 aliphatic heterocycles. The minimum atomic E-state index is 0.552. The molecule has 2 rings (SSSR count). The quantitative estimate of drug-likeness (QED) is 0.721. The molecule has 0 aliphatic carbocycles. The highest BCUT2D eigenvalue weighted by molar-refractivity contribution is 5.83. The molecule has 0 spiro atoms. The number of benzene rings is 1. The standard InChI is InChI=1S/C12H16N2/c1-3-9(2)14-7-6-10-8-11(13)4-5-12(10)14/h4-9H,3,13H2,1-2H3. The lowest BCUT2D eigenvalue weighted by Crippen LogP contribution is -2.01. The van der Waals surface area contributed by atoms with Gasteiger partial charge in [-0.25, -0.2) is 0 Å². The number of fused-ring (bicyclic) bond motifs is 1. The summed E-state index contributed by atoms with van der Waals surface area (Å²) >= 11 is 0. The smallest absolute Gasteiger partial charge is 0.0484 e. The Hall–Kier alpha value is -1.44. The van der Waals surface area contributed by atoms with Crippen LogP contribution in [0.15, 0.2) is 30.5 Å². The van der Waals surface area contributed by atoms with Gasteiger partial charge in [-0.3, -0.25) is 0 Å². The van der Waals surface area contributed by atoms with Crippen molar-refractivity contribution < 1.29 is 0 Å². The molecule has 1 heterocycles. The Balaban J connectivity index is 2.58. The van der Waals surface area contributed by atoms with E-state index in [4.69, 9.17) is 5.73 Å². The van der Waals surface area contributed by atoms with Crippen LogP contribution in [0.1, 0.15) is 26.3 Å². The van der Waals surface area contributed by atoms with Crippen molar-refractivity contribution in [1.29, 1.82) is 0 Å². The fourth-order valence-electron chi connectivity index (χ4n) is 1.76. The van der Waals surface area contributed by atoms with Crippen LogP contribution in [0.4, 0.5) is 5.69 Å². The third-order valence-corrected chi connectivity index (χ3v) is 2.81. The lowest BCUT2D eigenvalue weighted by Gasteiger charge is -2.12. The molecule has 0 bridgehead atoms. The topological polar surface area (TPSA) is 30.9 Å². The number of nitrogens with two attached hydrogens (primary N) is 1. The predicted octanol–water partition coefficient (Wildman–Crippen LogP) is 3.19. The Morgan fingerprint density at radius 2 is 2.14 bits per heavy atom. The number of rotatable bonds is 2. The normalized spacial score (nSPS) is 13.3. The van der Waals surface area contributed by atoms with Crippen molar-refractivity contribution in [3.8, 4) is 0 Å². The van der Waals surface area contributed by atoms with Gasteiger partial charge in [-0.15, -0.1) is 0 Å². The molecule has 0 amide bonds. The van der Waals surface area contributed by atoms with Crippen LogP contribution in [0.5, 0.6) is 0 Å². The molecular formula is C12H16N2. The summed E-state index contributed by atoms with van der Waals surface area (Å²) < 4.78 is 2.30. The number of nitrogens with zero attached hydrogens (tertiary/aromatic N) is 1. The van der Waals surface area contributed by atoms with Gasteiger partial charge in [0, 0.05) is 28.8 Å². The molecule has 2 nitrogen and oxygen atoms in total. The van der Waals surface area contributed by atoms with E-state index in [2.05, 4.69) is 36.7 Å². The molecule has 2 aromatic rings. The van der Waals surface area contributed by atoms with E-state index in [1.807, 2.05) is 12.1 Å². The minimum Gasteiger partial charge on any atom is -0.399 e. The zero-order valence-electron chi connectivity index (χ0n) is 8.70. The summed E-state index contributed by atoms with van der Waals surface area (Å²) in [5.74, 6) is 0. The number of nitrogen functional groups attached to an aromatic ring is 1. The van der Waals surface area contributed by atoms with Gasteiger partial charge in [0.1, 0.15) is 0 Å². The van der Waals surface area contributed by atoms with E-state index in [0.717, 1.165) is 12.1 Å². The van der Waals surface area contributed by atoms with Crippen LogP contribution in [0.25, 0.3) is 10.9 Å². The van der Waals surface area contributed by atoms with E-state index in [-0.39, 0.29) is 0 Å². The SMILES string of the molecule is CCC(C)n1ccc2cc(N)ccc21. The largest absolute Gasteiger partial charge is 0.399 e. The van der Waals surface area contributed by atoms with E-state index < -0.39 is 0 Å². The summed E-state index contributed by atoms with van der Waals surface area (Å²) in [4.78, 5) is 0. The first-order valence-electron chi connectivity index (χ1n) is 5.08. The Morgan fingerprint density at radius 3 is 2.86 bits per heavy atom. The van der Waals surface area contributed by atoms with Gasteiger partial charge in [0.2, 0.25) is 0 Å². The highest BCUT2D eigenvalue weighted by atomic mass is 15.0. The molecular weight excluding hydrogens is 172 g/mol. The van der Waals surface area contributed by atoms with Gasteiger partial charge in [-0.1, -0.05) is 6.92 Å². The fourth-order valence-corrected chi connectivity index (χ4v) is 1.76. The van der Waals surface area contributed by atoms with Crippen LogP contribution in [0, 0.1) is 0 Å². The molecule has 0 saturated carbocycles. The molecule has 2 N–H and O–H groups in total. The minimum absolute atomic E-state index is 0.552. The van der Waals surface area contributed by atoms with Gasteiger partial charge in [0.15, 0.2) is 0 Å². The van der Waals surface area contributed by atoms with E-state index in [1.54, 1.807) is 0 Å². The molecule has 0 saturated heterocycles. The summed E-state index contributed by atoms with van der Waals surface area (Å²) in [6.45, 7) is 4.43. The van der Waals surface area contributed by atoms with Gasteiger partial charge in [-0.05, 0) is 37.6 Å². The summed E-state index contributed by atoms with van der Waals surface area (Å²) in [5, 5.41) is 1.23. The van der Waals surface area contributed by atoms with Crippen molar-refractivity contribution in [3.05, 3.63) is 30.5 Å². The van der Waals surface area contributed by atoms with Gasteiger partial charge in [0.05, 0.1) is 0 Å². The first-order chi connectivity index (χ1) is 6.72. The van der Waals surface area contributed by atoms with Gasteiger partial charge in [0.25, 0.3) is 0 Å². The predicted molar refractivity (Wildman–Crippen MR) is 61.4 cm³/mol. The first kappa shape index (κ1) is 9.13. The van der Waals surface area contributed by atoms with E-state index in [0.29, 0.717) is 6.04 Å². The third kappa shape index (κ3) is 1.37. The van der Waals surface area contributed by atoms with Crippen molar-refractivity contribution in [2.45, 2.75) is 26.3 Å². The highest BCUT2D eigenvalue weighted by Gasteiger charge is 2.05. The van der Waals surface area contributed by atoms with Crippen molar-refractivity contribution >= 4 is 16.6 Å². The van der Waals surface area contributed by atoms with Crippen LogP contribution in [0.3, 0.4) is 0 Å². The maximum absolute atomic E-state index is 5.73. The average Bonchev–Trinajstić information content (AvgIpc) is 2.59. The molecule has 1 unspecified atom stereocenters. The van der Waals surface area contributed by atoms with Crippen LogP contribution in [-0.2, 0) is 0 Å². The maximum Gasteiger partial charge on any atom is 0.0484 e. The molecule has 1 aromatic carbocycles. The second-order valence-corrected chi connectivity index (χ2v) is 3.80. The Bertz CT molecular complexity index is 443. The van der Waals surface area contributed by atoms with Crippen molar-refractivity contribution in [1.82, 2.24) is 4.57 Å². The molecule has 0 radical (unpaired) electrons. The van der Waals surface area contributed by atoms with Crippen molar-refractivity contribution in [2.24, 2.45) is 0 Å². The average molecular weight is 188 g/mol. The molecule has 0 fully saturated rings. The van der Waals surface area contributed by atoms with Gasteiger partial charge >= 0.3 is 0 Å². The summed E-state index contributed by atoms with van der Waals surface area (Å²) in [5.41, 5.74) is 7.84. The first-order valence-corrected chi connectivity index (χ1v) is 5.08. The zero-order valence-corrected chi connectivity index (χ0v) is 8.70. The van der Waals surface area contributed by atoms with Crippen LogP contribution in [-0.4, -0.2) is 4.57 Å². The third-order valence-electron chi connectivity index (χ3n) is 2.81. The van der Waals surface area contributed by atoms with E-state index in [9.17, 15) is 0 Å². The Kier molecular flexibility index (Phi) is 2.20. The lowest BCUT2D eigenvalue weighted by molar-refractivity contribution is 0.548. The Labute approximate surface area is 84.3 Å². The molecule has 2 heteroatoms. The number of anilines is 1. The summed E-state index contributed by atoms with van der Waals surface area (Å²) in [7, 11) is 0. The van der Waals surface area contributed by atoms with E-state index >= 15 is 0 Å². The van der Waals surface area contributed by atoms with E-state index in [1.165, 1.54) is 10.9 Å².